The molecular formula is C19H21N3S. The normalized spacial score (nSPS) is 29.7. The number of pyridine rings is 1. The average Bonchev–Trinajstić information content (AvgIpc) is 3.06. The average molecular weight is 323 g/mol. The van der Waals surface area contributed by atoms with E-state index in [2.05, 4.69) is 38.5 Å². The summed E-state index contributed by atoms with van der Waals surface area (Å²) >= 11 is 1.98. The molecular weight excluding hydrogens is 302 g/mol. The van der Waals surface area contributed by atoms with Crippen molar-refractivity contribution < 1.29 is 0 Å². The summed E-state index contributed by atoms with van der Waals surface area (Å²) in [5.41, 5.74) is 3.97. The van der Waals surface area contributed by atoms with Gasteiger partial charge in [0.1, 0.15) is 0 Å². The third kappa shape index (κ3) is 2.49. The van der Waals surface area contributed by atoms with E-state index in [1.54, 1.807) is 0 Å². The zero-order valence-electron chi connectivity index (χ0n) is 13.2. The number of rotatable bonds is 2. The molecule has 0 unspecified atom stereocenters. The van der Waals surface area contributed by atoms with Crippen LogP contribution in [0.25, 0.3) is 11.1 Å². The van der Waals surface area contributed by atoms with Gasteiger partial charge in [0.2, 0.25) is 0 Å². The molecule has 6 rings (SSSR count). The maximum atomic E-state index is 4.25. The van der Waals surface area contributed by atoms with Crippen LogP contribution in [0.1, 0.15) is 18.4 Å². The van der Waals surface area contributed by atoms with E-state index in [9.17, 15) is 0 Å². The molecule has 118 valence electrons. The van der Waals surface area contributed by atoms with E-state index in [1.165, 1.54) is 54.1 Å². The molecule has 3 saturated heterocycles. The number of benzene rings is 1. The molecule has 0 amide bonds. The number of aromatic nitrogens is 1. The Kier molecular flexibility index (Phi) is 3.43. The predicted molar refractivity (Wildman–Crippen MR) is 94.0 cm³/mol. The zero-order chi connectivity index (χ0) is 15.2. The Morgan fingerprint density at radius 1 is 1.09 bits per heavy atom. The second kappa shape index (κ2) is 5.62. The Bertz CT molecular complexity index is 710. The van der Waals surface area contributed by atoms with Gasteiger partial charge in [-0.25, -0.2) is 4.31 Å². The van der Waals surface area contributed by atoms with Gasteiger partial charge in [-0.05, 0) is 67.1 Å². The SMILES string of the molecule is c1cncc(-c2ccc3c(c2)SN([C@@H]2CN4CCC2CC4)C3)c1. The van der Waals surface area contributed by atoms with E-state index in [1.807, 2.05) is 30.4 Å². The lowest BCUT2D eigenvalue weighted by Gasteiger charge is -2.47. The minimum Gasteiger partial charge on any atom is -0.302 e. The van der Waals surface area contributed by atoms with Crippen molar-refractivity contribution in [3.05, 3.63) is 48.3 Å². The minimum atomic E-state index is 0.733. The van der Waals surface area contributed by atoms with E-state index in [-0.39, 0.29) is 0 Å². The van der Waals surface area contributed by atoms with Crippen molar-refractivity contribution in [1.29, 1.82) is 0 Å². The van der Waals surface area contributed by atoms with Crippen molar-refractivity contribution in [2.24, 2.45) is 5.92 Å². The molecule has 1 atom stereocenters. The van der Waals surface area contributed by atoms with Crippen LogP contribution in [0.15, 0.2) is 47.6 Å². The molecule has 2 aromatic rings. The van der Waals surface area contributed by atoms with Gasteiger partial charge in [0, 0.05) is 42.0 Å². The fourth-order valence-corrected chi connectivity index (χ4v) is 5.51. The quantitative estimate of drug-likeness (QED) is 0.785. The summed E-state index contributed by atoms with van der Waals surface area (Å²) in [6, 6.07) is 11.8. The largest absolute Gasteiger partial charge is 0.302 e. The highest BCUT2D eigenvalue weighted by Crippen LogP contribution is 2.43. The number of nitrogens with zero attached hydrogens (tertiary/aromatic N) is 3. The Morgan fingerprint density at radius 2 is 2.00 bits per heavy atom. The molecule has 0 saturated carbocycles. The van der Waals surface area contributed by atoms with E-state index in [0.29, 0.717) is 0 Å². The zero-order valence-corrected chi connectivity index (χ0v) is 14.0. The van der Waals surface area contributed by atoms with Crippen molar-refractivity contribution >= 4 is 11.9 Å². The second-order valence-electron chi connectivity index (χ2n) is 6.94. The number of hydrogen-bond donors (Lipinski definition) is 0. The van der Waals surface area contributed by atoms with Crippen molar-refractivity contribution in [2.45, 2.75) is 30.3 Å². The lowest BCUT2D eigenvalue weighted by Crippen LogP contribution is -2.54. The molecule has 4 aliphatic heterocycles. The molecule has 0 N–H and O–H groups in total. The van der Waals surface area contributed by atoms with E-state index >= 15 is 0 Å². The highest BCUT2D eigenvalue weighted by atomic mass is 32.2. The first kappa shape index (κ1) is 14.0. The molecule has 5 heterocycles. The summed E-state index contributed by atoms with van der Waals surface area (Å²) < 4.78 is 2.65. The van der Waals surface area contributed by atoms with Gasteiger partial charge in [-0.15, -0.1) is 0 Å². The monoisotopic (exact) mass is 323 g/mol. The molecule has 0 radical (unpaired) electrons. The first-order valence-electron chi connectivity index (χ1n) is 8.57. The summed E-state index contributed by atoms with van der Waals surface area (Å²) in [4.78, 5) is 8.33. The minimum absolute atomic E-state index is 0.733. The maximum Gasteiger partial charge on any atom is 0.0366 e. The van der Waals surface area contributed by atoms with Crippen LogP contribution in [0.2, 0.25) is 0 Å². The highest BCUT2D eigenvalue weighted by molar-refractivity contribution is 7.97. The van der Waals surface area contributed by atoms with Crippen LogP contribution in [0, 0.1) is 5.92 Å². The van der Waals surface area contributed by atoms with Gasteiger partial charge in [0.25, 0.3) is 0 Å². The van der Waals surface area contributed by atoms with Gasteiger partial charge >= 0.3 is 0 Å². The molecule has 3 nitrogen and oxygen atoms in total. The fraction of sp³-hybridized carbons (Fsp3) is 0.421. The molecule has 0 aliphatic carbocycles. The molecule has 23 heavy (non-hydrogen) atoms. The van der Waals surface area contributed by atoms with Crippen LogP contribution in [-0.4, -0.2) is 39.9 Å². The first-order valence-corrected chi connectivity index (χ1v) is 9.34. The second-order valence-corrected chi connectivity index (χ2v) is 8.03. The number of fused-ring (bicyclic) bond motifs is 4. The van der Waals surface area contributed by atoms with E-state index in [0.717, 1.165) is 18.5 Å². The summed E-state index contributed by atoms with van der Waals surface area (Å²) in [5, 5.41) is 0. The number of piperidine rings is 3. The van der Waals surface area contributed by atoms with Crippen molar-refractivity contribution in [1.82, 2.24) is 14.2 Å². The third-order valence-electron chi connectivity index (χ3n) is 5.60. The van der Waals surface area contributed by atoms with Crippen LogP contribution in [0.4, 0.5) is 0 Å². The molecule has 1 aromatic heterocycles. The summed E-state index contributed by atoms with van der Waals surface area (Å²) in [6.45, 7) is 5.00. The van der Waals surface area contributed by atoms with Crippen LogP contribution in [0.3, 0.4) is 0 Å². The lowest BCUT2D eigenvalue weighted by atomic mass is 9.84. The Labute approximate surface area is 141 Å². The standard InChI is InChI=1S/C19H21N3S/c1-2-16(11-20-7-1)15-3-4-17-12-22(23-19(17)10-15)18-13-21-8-5-14(18)6-9-21/h1-4,7,10-11,14,18H,5-6,8-9,12-13H2/t18-/m1/s1. The summed E-state index contributed by atoms with van der Waals surface area (Å²) in [6.07, 6.45) is 6.56. The van der Waals surface area contributed by atoms with Crippen LogP contribution in [-0.2, 0) is 6.54 Å². The van der Waals surface area contributed by atoms with Gasteiger partial charge < -0.3 is 4.90 Å². The lowest BCUT2D eigenvalue weighted by molar-refractivity contribution is 0.0420. The van der Waals surface area contributed by atoms with E-state index < -0.39 is 0 Å². The topological polar surface area (TPSA) is 19.4 Å². The first-order chi connectivity index (χ1) is 11.4. The van der Waals surface area contributed by atoms with Gasteiger partial charge in [0.15, 0.2) is 0 Å². The van der Waals surface area contributed by atoms with Gasteiger partial charge in [0.05, 0.1) is 0 Å². The number of hydrogen-bond acceptors (Lipinski definition) is 4. The van der Waals surface area contributed by atoms with Crippen molar-refractivity contribution in [2.75, 3.05) is 19.6 Å². The van der Waals surface area contributed by atoms with Crippen LogP contribution >= 0.6 is 11.9 Å². The predicted octanol–water partition coefficient (Wildman–Crippen LogP) is 3.67. The Morgan fingerprint density at radius 3 is 2.74 bits per heavy atom. The molecule has 2 bridgehead atoms. The fourth-order valence-electron chi connectivity index (χ4n) is 4.25. The Balaban J connectivity index is 1.39. The molecule has 1 aromatic carbocycles. The van der Waals surface area contributed by atoms with E-state index in [4.69, 9.17) is 0 Å². The molecule has 3 fully saturated rings. The summed E-state index contributed by atoms with van der Waals surface area (Å²) in [5.74, 6) is 0.902. The summed E-state index contributed by atoms with van der Waals surface area (Å²) in [7, 11) is 0. The molecule has 4 aliphatic rings. The Hall–Kier alpha value is -1.36. The van der Waals surface area contributed by atoms with Gasteiger partial charge in [-0.1, -0.05) is 18.2 Å². The van der Waals surface area contributed by atoms with Gasteiger partial charge in [-0.3, -0.25) is 4.98 Å². The van der Waals surface area contributed by atoms with Crippen molar-refractivity contribution in [3.8, 4) is 11.1 Å². The highest BCUT2D eigenvalue weighted by Gasteiger charge is 2.39. The molecule has 0 spiro atoms. The van der Waals surface area contributed by atoms with Crippen LogP contribution < -0.4 is 0 Å². The molecule has 4 heteroatoms. The smallest absolute Gasteiger partial charge is 0.0366 e. The third-order valence-corrected chi connectivity index (χ3v) is 6.81. The van der Waals surface area contributed by atoms with Gasteiger partial charge in [-0.2, -0.15) is 0 Å². The maximum absolute atomic E-state index is 4.25. The van der Waals surface area contributed by atoms with Crippen LogP contribution in [0.5, 0.6) is 0 Å². The van der Waals surface area contributed by atoms with Crippen molar-refractivity contribution in [3.63, 3.8) is 0 Å².